The molecule has 0 aromatic carbocycles. The van der Waals surface area contributed by atoms with Crippen molar-refractivity contribution in [2.24, 2.45) is 11.7 Å². The number of aromatic nitrogens is 1. The Labute approximate surface area is 125 Å². The summed E-state index contributed by atoms with van der Waals surface area (Å²) in [6.07, 6.45) is 1.94. The monoisotopic (exact) mass is 312 g/mol. The van der Waals surface area contributed by atoms with E-state index in [0.717, 1.165) is 12.3 Å². The topological polar surface area (TPSA) is 119 Å². The van der Waals surface area contributed by atoms with E-state index in [1.54, 1.807) is 0 Å². The number of carbonyl (C=O) groups excluding carboxylic acids is 2. The predicted molar refractivity (Wildman–Crippen MR) is 73.7 cm³/mol. The lowest BCUT2D eigenvalue weighted by atomic mass is 9.96. The smallest absolute Gasteiger partial charge is 0.288 e. The summed E-state index contributed by atoms with van der Waals surface area (Å²) in [5.41, 5.74) is 4.92. The van der Waals surface area contributed by atoms with Crippen LogP contribution in [0.15, 0.2) is 12.3 Å². The number of piperidine rings is 1. The Morgan fingerprint density at radius 1 is 1.43 bits per heavy atom. The van der Waals surface area contributed by atoms with Crippen LogP contribution < -0.4 is 5.73 Å². The highest BCUT2D eigenvalue weighted by Crippen LogP contribution is 2.23. The normalized spacial score (nSPS) is 15.8. The second-order valence-electron chi connectivity index (χ2n) is 4.76. The number of nitro groups is 1. The SMILES string of the molecule is NC(=O)C1CCN(C(=O)c2cc([N+](=O)[O-])cnc2Cl)CC1. The van der Waals surface area contributed by atoms with E-state index in [1.165, 1.54) is 4.90 Å². The van der Waals surface area contributed by atoms with Gasteiger partial charge in [0, 0.05) is 25.1 Å². The van der Waals surface area contributed by atoms with Crippen molar-refractivity contribution in [3.63, 3.8) is 0 Å². The molecule has 1 fully saturated rings. The quantitative estimate of drug-likeness (QED) is 0.507. The van der Waals surface area contributed by atoms with Crippen LogP contribution in [0.1, 0.15) is 23.2 Å². The molecule has 0 unspecified atom stereocenters. The number of pyridine rings is 1. The van der Waals surface area contributed by atoms with E-state index >= 15 is 0 Å². The lowest BCUT2D eigenvalue weighted by molar-refractivity contribution is -0.385. The van der Waals surface area contributed by atoms with Crippen LogP contribution in [0.4, 0.5) is 5.69 Å². The van der Waals surface area contributed by atoms with E-state index in [4.69, 9.17) is 17.3 Å². The van der Waals surface area contributed by atoms with Crippen molar-refractivity contribution in [2.75, 3.05) is 13.1 Å². The van der Waals surface area contributed by atoms with E-state index in [2.05, 4.69) is 4.98 Å². The third-order valence-corrected chi connectivity index (χ3v) is 3.75. The van der Waals surface area contributed by atoms with Gasteiger partial charge in [0.2, 0.25) is 5.91 Å². The zero-order valence-electron chi connectivity index (χ0n) is 11.0. The largest absolute Gasteiger partial charge is 0.369 e. The molecule has 2 N–H and O–H groups in total. The van der Waals surface area contributed by atoms with Crippen LogP contribution >= 0.6 is 11.6 Å². The van der Waals surface area contributed by atoms with Crippen molar-refractivity contribution in [2.45, 2.75) is 12.8 Å². The van der Waals surface area contributed by atoms with Gasteiger partial charge >= 0.3 is 0 Å². The number of halogens is 1. The molecule has 0 radical (unpaired) electrons. The number of primary amides is 1. The number of nitrogens with zero attached hydrogens (tertiary/aromatic N) is 3. The summed E-state index contributed by atoms with van der Waals surface area (Å²) in [6, 6.07) is 1.11. The fourth-order valence-electron chi connectivity index (χ4n) is 2.22. The predicted octanol–water partition coefficient (Wildman–Crippen LogP) is 0.981. The molecular weight excluding hydrogens is 300 g/mol. The fraction of sp³-hybridized carbons (Fsp3) is 0.417. The molecule has 0 atom stereocenters. The molecule has 1 aliphatic rings. The standard InChI is InChI=1S/C12H13ClN4O4/c13-10-9(5-8(6-15-10)17(20)21)12(19)16-3-1-7(2-4-16)11(14)18/h5-7H,1-4H2,(H2,14,18). The van der Waals surface area contributed by atoms with Gasteiger partial charge in [0.25, 0.3) is 11.6 Å². The highest BCUT2D eigenvalue weighted by Gasteiger charge is 2.28. The first-order valence-corrected chi connectivity index (χ1v) is 6.66. The first-order valence-electron chi connectivity index (χ1n) is 6.28. The minimum absolute atomic E-state index is 0.0107. The van der Waals surface area contributed by atoms with E-state index in [0.29, 0.717) is 25.9 Å². The minimum Gasteiger partial charge on any atom is -0.369 e. The molecule has 2 heterocycles. The first kappa shape index (κ1) is 15.2. The Hall–Kier alpha value is -2.22. The molecule has 0 spiro atoms. The Bertz CT molecular complexity index is 599. The third kappa shape index (κ3) is 3.27. The highest BCUT2D eigenvalue weighted by molar-refractivity contribution is 6.32. The van der Waals surface area contributed by atoms with Crippen LogP contribution in [0.2, 0.25) is 5.15 Å². The van der Waals surface area contributed by atoms with Gasteiger partial charge in [-0.2, -0.15) is 0 Å². The van der Waals surface area contributed by atoms with Crippen LogP contribution in [0.25, 0.3) is 0 Å². The van der Waals surface area contributed by atoms with Gasteiger partial charge in [-0.15, -0.1) is 0 Å². The van der Waals surface area contributed by atoms with Crippen molar-refractivity contribution in [1.29, 1.82) is 0 Å². The van der Waals surface area contributed by atoms with Crippen molar-refractivity contribution in [3.8, 4) is 0 Å². The number of carbonyl (C=O) groups is 2. The van der Waals surface area contributed by atoms with E-state index in [-0.39, 0.29) is 28.2 Å². The van der Waals surface area contributed by atoms with Crippen molar-refractivity contribution in [3.05, 3.63) is 33.1 Å². The Kier molecular flexibility index (Phi) is 4.37. The van der Waals surface area contributed by atoms with E-state index in [9.17, 15) is 19.7 Å². The number of amides is 2. The fourth-order valence-corrected chi connectivity index (χ4v) is 2.41. The van der Waals surface area contributed by atoms with Crippen LogP contribution in [0, 0.1) is 16.0 Å². The number of hydrogen-bond acceptors (Lipinski definition) is 5. The zero-order valence-corrected chi connectivity index (χ0v) is 11.7. The van der Waals surface area contributed by atoms with Crippen LogP contribution in [-0.4, -0.2) is 39.7 Å². The molecule has 0 bridgehead atoms. The maximum absolute atomic E-state index is 12.3. The molecule has 1 aromatic heterocycles. The summed E-state index contributed by atoms with van der Waals surface area (Å²) < 4.78 is 0. The number of nitrogens with two attached hydrogens (primary N) is 1. The lowest BCUT2D eigenvalue weighted by Gasteiger charge is -2.30. The third-order valence-electron chi connectivity index (χ3n) is 3.45. The summed E-state index contributed by atoms with van der Waals surface area (Å²) in [7, 11) is 0. The van der Waals surface area contributed by atoms with Gasteiger partial charge < -0.3 is 10.6 Å². The van der Waals surface area contributed by atoms with Gasteiger partial charge in [-0.25, -0.2) is 4.98 Å². The van der Waals surface area contributed by atoms with Gasteiger partial charge in [-0.1, -0.05) is 11.6 Å². The van der Waals surface area contributed by atoms with Crippen molar-refractivity contribution < 1.29 is 14.5 Å². The van der Waals surface area contributed by atoms with Gasteiger partial charge in [-0.05, 0) is 12.8 Å². The molecule has 0 saturated carbocycles. The molecule has 1 aliphatic heterocycles. The summed E-state index contributed by atoms with van der Waals surface area (Å²) >= 11 is 5.84. The molecule has 9 heteroatoms. The van der Waals surface area contributed by atoms with Crippen molar-refractivity contribution >= 4 is 29.1 Å². The molecule has 1 aromatic rings. The number of likely N-dealkylation sites (tertiary alicyclic amines) is 1. The van der Waals surface area contributed by atoms with Crippen LogP contribution in [0.3, 0.4) is 0 Å². The Morgan fingerprint density at radius 2 is 2.05 bits per heavy atom. The number of rotatable bonds is 3. The molecule has 21 heavy (non-hydrogen) atoms. The average Bonchev–Trinajstić information content (AvgIpc) is 2.47. The summed E-state index contributed by atoms with van der Waals surface area (Å²) in [6.45, 7) is 0.705. The van der Waals surface area contributed by atoms with Crippen molar-refractivity contribution in [1.82, 2.24) is 9.88 Å². The second-order valence-corrected chi connectivity index (χ2v) is 5.12. The molecule has 1 saturated heterocycles. The van der Waals surface area contributed by atoms with Gasteiger partial charge in [0.15, 0.2) is 0 Å². The highest BCUT2D eigenvalue weighted by atomic mass is 35.5. The van der Waals surface area contributed by atoms with Gasteiger partial charge in [-0.3, -0.25) is 19.7 Å². The minimum atomic E-state index is -0.639. The maximum atomic E-state index is 12.3. The second kappa shape index (κ2) is 6.04. The molecular formula is C12H13ClN4O4. The summed E-state index contributed by atoms with van der Waals surface area (Å²) in [5.74, 6) is -1.05. The molecule has 2 rings (SSSR count). The Morgan fingerprint density at radius 3 is 2.57 bits per heavy atom. The lowest BCUT2D eigenvalue weighted by Crippen LogP contribution is -2.41. The van der Waals surface area contributed by atoms with Gasteiger partial charge in [0.1, 0.15) is 11.3 Å². The van der Waals surface area contributed by atoms with Crippen LogP contribution in [0.5, 0.6) is 0 Å². The van der Waals surface area contributed by atoms with E-state index in [1.807, 2.05) is 0 Å². The van der Waals surface area contributed by atoms with E-state index < -0.39 is 10.8 Å². The summed E-state index contributed by atoms with van der Waals surface area (Å²) in [4.78, 5) is 38.7. The summed E-state index contributed by atoms with van der Waals surface area (Å²) in [5, 5.41) is 10.6. The maximum Gasteiger partial charge on any atom is 0.288 e. The van der Waals surface area contributed by atoms with Gasteiger partial charge in [0.05, 0.1) is 10.5 Å². The zero-order chi connectivity index (χ0) is 15.6. The first-order chi connectivity index (χ1) is 9.90. The molecule has 0 aliphatic carbocycles. The van der Waals surface area contributed by atoms with Crippen LogP contribution in [-0.2, 0) is 4.79 Å². The Balaban J connectivity index is 2.16. The average molecular weight is 313 g/mol. The molecule has 2 amide bonds. The molecule has 8 nitrogen and oxygen atoms in total. The number of hydrogen-bond donors (Lipinski definition) is 1. The molecule has 112 valence electrons.